The molecule has 2 rings (SSSR count). The van der Waals surface area contributed by atoms with Crippen molar-refractivity contribution in [2.24, 2.45) is 7.05 Å². The Morgan fingerprint density at radius 3 is 2.04 bits per heavy atom. The zero-order valence-corrected chi connectivity index (χ0v) is 17.3. The van der Waals surface area contributed by atoms with Gasteiger partial charge in [-0.15, -0.1) is 0 Å². The molecule has 1 aromatic carbocycles. The van der Waals surface area contributed by atoms with Crippen molar-refractivity contribution in [3.05, 3.63) is 47.2 Å². The Kier molecular flexibility index (Phi) is 4.60. The lowest BCUT2D eigenvalue weighted by Crippen LogP contribution is -2.44. The molecular weight excluding hydrogens is 294 g/mol. The molecule has 0 N–H and O–H groups in total. The fourth-order valence-electron chi connectivity index (χ4n) is 3.22. The third-order valence-electron chi connectivity index (χ3n) is 4.66. The second kappa shape index (κ2) is 5.90. The summed E-state index contributed by atoms with van der Waals surface area (Å²) in [5, 5.41) is 1.56. The molecule has 124 valence electrons. The third-order valence-corrected chi connectivity index (χ3v) is 6.82. The first-order chi connectivity index (χ1) is 10.4. The summed E-state index contributed by atoms with van der Waals surface area (Å²) in [5.41, 5.74) is 7.02. The summed E-state index contributed by atoms with van der Waals surface area (Å²) in [6.45, 7) is 18.6. The average molecular weight is 327 g/mol. The van der Waals surface area contributed by atoms with E-state index >= 15 is 0 Å². The summed E-state index contributed by atoms with van der Waals surface area (Å²) < 4.78 is 2.29. The molecule has 0 unspecified atom stereocenters. The first-order valence-corrected chi connectivity index (χ1v) is 12.0. The van der Waals surface area contributed by atoms with Crippen LogP contribution in [0.15, 0.2) is 30.5 Å². The molecule has 0 atom stereocenters. The van der Waals surface area contributed by atoms with E-state index in [0.29, 0.717) is 0 Å². The summed E-state index contributed by atoms with van der Waals surface area (Å²) in [6, 6.07) is 9.36. The molecule has 0 aliphatic heterocycles. The predicted molar refractivity (Wildman–Crippen MR) is 104 cm³/mol. The molecule has 0 bridgehead atoms. The van der Waals surface area contributed by atoms with Crippen LogP contribution in [0, 0.1) is 13.8 Å². The minimum absolute atomic E-state index is 0.174. The maximum atomic E-state index is 2.44. The van der Waals surface area contributed by atoms with Crippen molar-refractivity contribution in [2.75, 3.05) is 0 Å². The van der Waals surface area contributed by atoms with E-state index in [1.54, 1.807) is 5.19 Å². The van der Waals surface area contributed by atoms with E-state index in [0.717, 1.165) is 0 Å². The van der Waals surface area contributed by atoms with Gasteiger partial charge in [-0.2, -0.15) is 0 Å². The Balaban J connectivity index is 2.72. The van der Waals surface area contributed by atoms with Crippen molar-refractivity contribution < 1.29 is 4.57 Å². The van der Waals surface area contributed by atoms with Gasteiger partial charge in [0.1, 0.15) is 7.05 Å². The van der Waals surface area contributed by atoms with Gasteiger partial charge in [-0.3, -0.25) is 0 Å². The molecule has 23 heavy (non-hydrogen) atoms. The van der Waals surface area contributed by atoms with E-state index in [1.165, 1.54) is 27.9 Å². The minimum atomic E-state index is -1.35. The maximum Gasteiger partial charge on any atom is 0.212 e. The van der Waals surface area contributed by atoms with E-state index in [-0.39, 0.29) is 5.41 Å². The van der Waals surface area contributed by atoms with Crippen molar-refractivity contribution in [2.45, 2.75) is 59.7 Å². The molecule has 0 aliphatic carbocycles. The molecule has 2 aromatic rings. The monoisotopic (exact) mass is 326 g/mol. The van der Waals surface area contributed by atoms with Gasteiger partial charge in [0.15, 0.2) is 6.20 Å². The number of benzene rings is 1. The SMILES string of the molecule is Cc1ccc(C(C)(C)C)cc1-c1cc([Si](C)(C)C)c(C)c[n+]1C. The zero-order chi connectivity index (χ0) is 17.6. The van der Waals surface area contributed by atoms with Crippen LogP contribution in [0.25, 0.3) is 11.3 Å². The highest BCUT2D eigenvalue weighted by Gasteiger charge is 2.25. The molecule has 1 heterocycles. The van der Waals surface area contributed by atoms with Crippen LogP contribution in [0.1, 0.15) is 37.5 Å². The van der Waals surface area contributed by atoms with E-state index in [9.17, 15) is 0 Å². The zero-order valence-electron chi connectivity index (χ0n) is 16.3. The van der Waals surface area contributed by atoms with Crippen molar-refractivity contribution in [3.63, 3.8) is 0 Å². The normalized spacial score (nSPS) is 12.6. The minimum Gasteiger partial charge on any atom is -0.201 e. The number of hydrogen-bond donors (Lipinski definition) is 0. The Morgan fingerprint density at radius 1 is 0.913 bits per heavy atom. The molecular formula is C21H32NSi+. The van der Waals surface area contributed by atoms with Gasteiger partial charge in [-0.05, 0) is 41.6 Å². The van der Waals surface area contributed by atoms with Crippen molar-refractivity contribution in [1.29, 1.82) is 0 Å². The molecule has 0 amide bonds. The standard InChI is InChI=1S/C21H32NSi/c1-15-10-11-17(21(3,4)5)12-18(15)19-13-20(23(7,8)9)16(2)14-22(19)6/h10-14H,1-9H3/q+1. The topological polar surface area (TPSA) is 3.88 Å². The first-order valence-electron chi connectivity index (χ1n) is 8.53. The van der Waals surface area contributed by atoms with Gasteiger partial charge in [-0.1, -0.05) is 52.5 Å². The van der Waals surface area contributed by atoms with Crippen molar-refractivity contribution >= 4 is 13.3 Å². The summed E-state index contributed by atoms with van der Waals surface area (Å²) in [5.74, 6) is 0. The molecule has 2 heteroatoms. The quantitative estimate of drug-likeness (QED) is 0.559. The van der Waals surface area contributed by atoms with Gasteiger partial charge in [0.05, 0.1) is 8.07 Å². The van der Waals surface area contributed by atoms with Crippen LogP contribution in [0.2, 0.25) is 19.6 Å². The lowest BCUT2D eigenvalue weighted by molar-refractivity contribution is -0.660. The highest BCUT2D eigenvalue weighted by molar-refractivity contribution is 6.89. The Hall–Kier alpha value is -1.41. The number of aryl methyl sites for hydroxylation is 3. The van der Waals surface area contributed by atoms with Gasteiger partial charge in [-0.25, -0.2) is 4.57 Å². The summed E-state index contributed by atoms with van der Waals surface area (Å²) in [7, 11) is 0.820. The van der Waals surface area contributed by atoms with Crippen molar-refractivity contribution in [1.82, 2.24) is 0 Å². The van der Waals surface area contributed by atoms with Crippen LogP contribution >= 0.6 is 0 Å². The van der Waals surface area contributed by atoms with Crippen LogP contribution in [0.5, 0.6) is 0 Å². The Labute approximate surface area is 143 Å². The lowest BCUT2D eigenvalue weighted by Gasteiger charge is -2.22. The van der Waals surface area contributed by atoms with E-state index in [1.807, 2.05) is 0 Å². The average Bonchev–Trinajstić information content (AvgIpc) is 2.37. The lowest BCUT2D eigenvalue weighted by atomic mass is 9.85. The number of hydrogen-bond acceptors (Lipinski definition) is 0. The summed E-state index contributed by atoms with van der Waals surface area (Å²) in [6.07, 6.45) is 2.30. The number of nitrogens with zero attached hydrogens (tertiary/aromatic N) is 1. The van der Waals surface area contributed by atoms with E-state index in [4.69, 9.17) is 0 Å². The van der Waals surface area contributed by atoms with Gasteiger partial charge in [0.25, 0.3) is 0 Å². The fraction of sp³-hybridized carbons (Fsp3) is 0.476. The van der Waals surface area contributed by atoms with Crippen LogP contribution in [0.3, 0.4) is 0 Å². The van der Waals surface area contributed by atoms with E-state index in [2.05, 4.69) is 96.3 Å². The number of pyridine rings is 1. The van der Waals surface area contributed by atoms with Crippen LogP contribution < -0.4 is 9.75 Å². The van der Waals surface area contributed by atoms with Crippen LogP contribution in [0.4, 0.5) is 0 Å². The molecule has 0 saturated heterocycles. The summed E-state index contributed by atoms with van der Waals surface area (Å²) in [4.78, 5) is 0. The molecule has 0 spiro atoms. The smallest absolute Gasteiger partial charge is 0.201 e. The fourth-order valence-corrected chi connectivity index (χ4v) is 5.04. The molecule has 0 saturated carbocycles. The van der Waals surface area contributed by atoms with Crippen LogP contribution in [-0.4, -0.2) is 8.07 Å². The Morgan fingerprint density at radius 2 is 1.52 bits per heavy atom. The second-order valence-electron chi connectivity index (χ2n) is 8.90. The summed E-state index contributed by atoms with van der Waals surface area (Å²) >= 11 is 0. The Bertz CT molecular complexity index is 731. The van der Waals surface area contributed by atoms with Gasteiger partial charge < -0.3 is 0 Å². The predicted octanol–water partition coefficient (Wildman–Crippen LogP) is 4.64. The largest absolute Gasteiger partial charge is 0.212 e. The van der Waals surface area contributed by atoms with Gasteiger partial charge >= 0.3 is 0 Å². The van der Waals surface area contributed by atoms with E-state index < -0.39 is 8.07 Å². The second-order valence-corrected chi connectivity index (χ2v) is 13.9. The molecule has 0 fully saturated rings. The number of aromatic nitrogens is 1. The highest BCUT2D eigenvalue weighted by Crippen LogP contribution is 2.29. The third kappa shape index (κ3) is 3.74. The van der Waals surface area contributed by atoms with Gasteiger partial charge in [0, 0.05) is 17.2 Å². The number of rotatable bonds is 2. The van der Waals surface area contributed by atoms with Crippen molar-refractivity contribution in [3.8, 4) is 11.3 Å². The molecule has 1 nitrogen and oxygen atoms in total. The van der Waals surface area contributed by atoms with Gasteiger partial charge in [0.2, 0.25) is 5.69 Å². The molecule has 1 aromatic heterocycles. The molecule has 0 radical (unpaired) electrons. The first kappa shape index (κ1) is 17.9. The maximum absolute atomic E-state index is 2.44. The van der Waals surface area contributed by atoms with Crippen LogP contribution in [-0.2, 0) is 12.5 Å². The molecule has 0 aliphatic rings. The highest BCUT2D eigenvalue weighted by atomic mass is 28.3.